The number of hydrogen-bond donors (Lipinski definition) is 1. The third-order valence-corrected chi connectivity index (χ3v) is 4.22. The number of carbonyl (C=O) groups is 1. The number of rotatable bonds is 5. The molecular weight excluding hydrogens is 229 g/mol. The maximum absolute atomic E-state index is 12.4. The second-order valence-electron chi connectivity index (χ2n) is 5.28. The summed E-state index contributed by atoms with van der Waals surface area (Å²) in [7, 11) is 2.53. The molecule has 0 amide bonds. The highest BCUT2D eigenvalue weighted by molar-refractivity contribution is 7.13. The predicted molar refractivity (Wildman–Crippen MR) is 76.8 cm³/mol. The molecule has 1 N–H and O–H groups in total. The minimum absolute atomic E-state index is 0.187. The summed E-state index contributed by atoms with van der Waals surface area (Å²) in [6.45, 7) is 4.20. The quantitative estimate of drug-likeness (QED) is 0.602. The second kappa shape index (κ2) is 8.00. The standard InChI is InChI=1S/C14H26NOP/c1-11(10-12(2)15-17)14(16)13-8-6-4-3-5-7-9-13/h3-4,11-13,15H,5-10,17H2,1-2H3/b4-3-. The molecule has 0 saturated heterocycles. The summed E-state index contributed by atoms with van der Waals surface area (Å²) in [5, 5.41) is 3.13. The Balaban J connectivity index is 2.46. The first-order chi connectivity index (χ1) is 8.15. The van der Waals surface area contributed by atoms with E-state index in [2.05, 4.69) is 40.5 Å². The van der Waals surface area contributed by atoms with Crippen LogP contribution in [0.5, 0.6) is 0 Å². The van der Waals surface area contributed by atoms with Gasteiger partial charge in [-0.15, -0.1) is 0 Å². The van der Waals surface area contributed by atoms with Crippen molar-refractivity contribution in [2.45, 2.75) is 58.4 Å². The van der Waals surface area contributed by atoms with Crippen LogP contribution in [0.2, 0.25) is 0 Å². The number of ketones is 1. The fourth-order valence-electron chi connectivity index (χ4n) is 2.56. The predicted octanol–water partition coefficient (Wildman–Crippen LogP) is 3.49. The highest BCUT2D eigenvalue weighted by atomic mass is 31.0. The number of carbonyl (C=O) groups excluding carboxylic acids is 1. The fourth-order valence-corrected chi connectivity index (χ4v) is 2.70. The Morgan fingerprint density at radius 3 is 2.76 bits per heavy atom. The molecule has 4 atom stereocenters. The van der Waals surface area contributed by atoms with E-state index >= 15 is 0 Å². The molecule has 17 heavy (non-hydrogen) atoms. The molecule has 0 fully saturated rings. The van der Waals surface area contributed by atoms with E-state index in [1.165, 1.54) is 0 Å². The molecule has 0 aromatic carbocycles. The lowest BCUT2D eigenvalue weighted by atomic mass is 9.83. The highest BCUT2D eigenvalue weighted by Crippen LogP contribution is 2.24. The lowest BCUT2D eigenvalue weighted by Gasteiger charge is -2.22. The first-order valence-electron chi connectivity index (χ1n) is 6.80. The summed E-state index contributed by atoms with van der Waals surface area (Å²) in [4.78, 5) is 12.4. The van der Waals surface area contributed by atoms with E-state index < -0.39 is 0 Å². The number of nitrogens with one attached hydrogen (secondary N) is 1. The van der Waals surface area contributed by atoms with Crippen molar-refractivity contribution < 1.29 is 4.79 Å². The molecule has 1 aliphatic rings. The van der Waals surface area contributed by atoms with E-state index in [9.17, 15) is 4.79 Å². The Hall–Kier alpha value is -0.200. The zero-order chi connectivity index (χ0) is 12.7. The minimum atomic E-state index is 0.187. The summed E-state index contributed by atoms with van der Waals surface area (Å²) in [6.07, 6.45) is 10.9. The zero-order valence-corrected chi connectivity index (χ0v) is 12.3. The average Bonchev–Trinajstić information content (AvgIpc) is 2.27. The van der Waals surface area contributed by atoms with E-state index in [1.54, 1.807) is 0 Å². The van der Waals surface area contributed by atoms with Gasteiger partial charge in [0.05, 0.1) is 0 Å². The molecule has 0 spiro atoms. The maximum Gasteiger partial charge on any atom is 0.138 e. The smallest absolute Gasteiger partial charge is 0.138 e. The van der Waals surface area contributed by atoms with E-state index in [4.69, 9.17) is 0 Å². The van der Waals surface area contributed by atoms with Crippen LogP contribution in [0, 0.1) is 11.8 Å². The fraction of sp³-hybridized carbons (Fsp3) is 0.786. The number of allylic oxidation sites excluding steroid dienone is 2. The largest absolute Gasteiger partial charge is 0.299 e. The van der Waals surface area contributed by atoms with Gasteiger partial charge in [-0.05, 0) is 45.4 Å². The van der Waals surface area contributed by atoms with Crippen molar-refractivity contribution in [1.82, 2.24) is 5.09 Å². The Bertz CT molecular complexity index is 265. The molecule has 4 unspecified atom stereocenters. The molecule has 98 valence electrons. The van der Waals surface area contributed by atoms with Crippen LogP contribution in [0.1, 0.15) is 52.4 Å². The third kappa shape index (κ3) is 5.31. The van der Waals surface area contributed by atoms with Crippen molar-refractivity contribution in [3.05, 3.63) is 12.2 Å². The summed E-state index contributed by atoms with van der Waals surface area (Å²) in [6, 6.07) is 0.396. The van der Waals surface area contributed by atoms with Crippen LogP contribution in [-0.2, 0) is 4.79 Å². The van der Waals surface area contributed by atoms with E-state index in [-0.39, 0.29) is 5.92 Å². The minimum Gasteiger partial charge on any atom is -0.299 e. The van der Waals surface area contributed by atoms with Crippen molar-refractivity contribution in [2.24, 2.45) is 11.8 Å². The molecule has 0 saturated carbocycles. The Morgan fingerprint density at radius 2 is 2.06 bits per heavy atom. The molecule has 0 radical (unpaired) electrons. The van der Waals surface area contributed by atoms with Gasteiger partial charge in [-0.2, -0.15) is 0 Å². The van der Waals surface area contributed by atoms with Gasteiger partial charge < -0.3 is 0 Å². The van der Waals surface area contributed by atoms with Crippen LogP contribution >= 0.6 is 9.39 Å². The molecule has 1 rings (SSSR count). The van der Waals surface area contributed by atoms with Gasteiger partial charge in [0.15, 0.2) is 0 Å². The van der Waals surface area contributed by atoms with Crippen molar-refractivity contribution >= 4 is 15.2 Å². The normalized spacial score (nSPS) is 26.6. The monoisotopic (exact) mass is 255 g/mol. The number of Topliss-reactive ketones (excluding diaryl/α,β-unsaturated/α-hetero) is 1. The molecule has 0 aromatic rings. The van der Waals surface area contributed by atoms with Crippen molar-refractivity contribution in [3.63, 3.8) is 0 Å². The average molecular weight is 255 g/mol. The topological polar surface area (TPSA) is 29.1 Å². The van der Waals surface area contributed by atoms with Gasteiger partial charge in [0.25, 0.3) is 0 Å². The van der Waals surface area contributed by atoms with Crippen LogP contribution in [0.3, 0.4) is 0 Å². The lowest BCUT2D eigenvalue weighted by Crippen LogP contribution is -2.27. The molecular formula is C14H26NOP. The molecule has 0 bridgehead atoms. The summed E-state index contributed by atoms with van der Waals surface area (Å²) in [5.74, 6) is 0.963. The SMILES string of the molecule is CC(CC(C)C(=O)C1CC/C=C\CCC1)NP. The Labute approximate surface area is 108 Å². The first kappa shape index (κ1) is 14.9. The van der Waals surface area contributed by atoms with Crippen molar-refractivity contribution in [1.29, 1.82) is 0 Å². The van der Waals surface area contributed by atoms with Gasteiger partial charge in [-0.25, -0.2) is 0 Å². The first-order valence-corrected chi connectivity index (χ1v) is 7.37. The lowest BCUT2D eigenvalue weighted by molar-refractivity contribution is -0.127. The van der Waals surface area contributed by atoms with Crippen LogP contribution < -0.4 is 5.09 Å². The molecule has 3 heteroatoms. The summed E-state index contributed by atoms with van der Waals surface area (Å²) >= 11 is 0. The molecule has 2 nitrogen and oxygen atoms in total. The summed E-state index contributed by atoms with van der Waals surface area (Å²) < 4.78 is 0. The Kier molecular flexibility index (Phi) is 6.99. The second-order valence-corrected chi connectivity index (χ2v) is 5.62. The van der Waals surface area contributed by atoms with Gasteiger partial charge in [0.1, 0.15) is 5.78 Å². The van der Waals surface area contributed by atoms with Gasteiger partial charge in [0, 0.05) is 17.9 Å². The van der Waals surface area contributed by atoms with Crippen LogP contribution in [0.25, 0.3) is 0 Å². The van der Waals surface area contributed by atoms with Crippen molar-refractivity contribution in [3.8, 4) is 0 Å². The maximum atomic E-state index is 12.4. The Morgan fingerprint density at radius 1 is 1.35 bits per heavy atom. The van der Waals surface area contributed by atoms with Crippen LogP contribution in [0.15, 0.2) is 12.2 Å². The van der Waals surface area contributed by atoms with Gasteiger partial charge in [0.2, 0.25) is 0 Å². The number of hydrogen-bond acceptors (Lipinski definition) is 2. The summed E-state index contributed by atoms with van der Waals surface area (Å²) in [5.41, 5.74) is 0. The van der Waals surface area contributed by atoms with Gasteiger partial charge in [-0.3, -0.25) is 9.88 Å². The van der Waals surface area contributed by atoms with Crippen molar-refractivity contribution in [2.75, 3.05) is 0 Å². The molecule has 1 aliphatic carbocycles. The molecule has 0 aliphatic heterocycles. The zero-order valence-electron chi connectivity index (χ0n) is 11.1. The van der Waals surface area contributed by atoms with Gasteiger partial charge >= 0.3 is 0 Å². The van der Waals surface area contributed by atoms with Gasteiger partial charge in [-0.1, -0.05) is 28.5 Å². The van der Waals surface area contributed by atoms with E-state index in [1.807, 2.05) is 0 Å². The molecule has 0 heterocycles. The van der Waals surface area contributed by atoms with Crippen LogP contribution in [-0.4, -0.2) is 11.8 Å². The molecule has 0 aromatic heterocycles. The third-order valence-electron chi connectivity index (χ3n) is 3.65. The highest BCUT2D eigenvalue weighted by Gasteiger charge is 2.24. The van der Waals surface area contributed by atoms with E-state index in [0.717, 1.165) is 38.5 Å². The van der Waals surface area contributed by atoms with Crippen LogP contribution in [0.4, 0.5) is 0 Å². The van der Waals surface area contributed by atoms with E-state index in [0.29, 0.717) is 17.7 Å².